The second kappa shape index (κ2) is 9.54. The van der Waals surface area contributed by atoms with Gasteiger partial charge in [0.15, 0.2) is 0 Å². The largest absolute Gasteiger partial charge is 0.332 e. The van der Waals surface area contributed by atoms with Crippen LogP contribution in [0.3, 0.4) is 0 Å². The molecule has 3 rings (SSSR count). The van der Waals surface area contributed by atoms with Crippen molar-refractivity contribution < 1.29 is 13.2 Å². The van der Waals surface area contributed by atoms with Crippen LogP contribution in [0.15, 0.2) is 11.2 Å². The Morgan fingerprint density at radius 2 is 1.77 bits per heavy atom. The monoisotopic (exact) mass is 402 g/mol. The number of nitrogens with zero attached hydrogens (tertiary/aromatic N) is 3. The molecule has 0 fully saturated rings. The number of hydrogen-bond donors (Lipinski definition) is 2. The van der Waals surface area contributed by atoms with E-state index in [2.05, 4.69) is 26.1 Å². The maximum Gasteiger partial charge on any atom is 0.332 e. The van der Waals surface area contributed by atoms with Gasteiger partial charge in [-0.2, -0.15) is 0 Å². The van der Waals surface area contributed by atoms with Crippen LogP contribution < -0.4 is 10.0 Å². The SMILES string of the molecule is [K].[N-]=[N+]=NCCCS(=O)(=O)NC(=O)Nc1c2c(cc3c1CCC3)CCC2. The van der Waals surface area contributed by atoms with Gasteiger partial charge in [-0.3, -0.25) is 0 Å². The molecule has 8 nitrogen and oxygen atoms in total. The van der Waals surface area contributed by atoms with E-state index in [0.29, 0.717) is 0 Å². The van der Waals surface area contributed by atoms with Gasteiger partial charge >= 0.3 is 6.03 Å². The molecule has 0 bridgehead atoms. The zero-order valence-electron chi connectivity index (χ0n) is 14.9. The summed E-state index contributed by atoms with van der Waals surface area (Å²) in [7, 11) is -3.75. The molecule has 1 aromatic rings. The quantitative estimate of drug-likeness (QED) is 0.250. The molecule has 0 aliphatic heterocycles. The molecule has 0 aromatic heterocycles. The van der Waals surface area contributed by atoms with Crippen molar-refractivity contribution in [3.63, 3.8) is 0 Å². The Kier molecular flexibility index (Phi) is 7.96. The van der Waals surface area contributed by atoms with E-state index in [-0.39, 0.29) is 70.1 Å². The van der Waals surface area contributed by atoms with Crippen LogP contribution in [-0.2, 0) is 35.7 Å². The minimum atomic E-state index is -3.75. The van der Waals surface area contributed by atoms with Crippen molar-refractivity contribution in [2.24, 2.45) is 5.11 Å². The molecule has 0 unspecified atom stereocenters. The van der Waals surface area contributed by atoms with E-state index in [1.807, 2.05) is 0 Å². The van der Waals surface area contributed by atoms with Gasteiger partial charge in [0, 0.05) is 68.5 Å². The van der Waals surface area contributed by atoms with Gasteiger partial charge in [0.25, 0.3) is 0 Å². The first-order chi connectivity index (χ1) is 12.0. The van der Waals surface area contributed by atoms with Crippen LogP contribution >= 0.6 is 0 Å². The average Bonchev–Trinajstić information content (AvgIpc) is 3.19. The maximum atomic E-state index is 12.2. The summed E-state index contributed by atoms with van der Waals surface area (Å²) in [5.74, 6) is -0.259. The maximum absolute atomic E-state index is 12.2. The number of sulfonamides is 1. The van der Waals surface area contributed by atoms with Gasteiger partial charge in [0.05, 0.1) is 5.75 Å². The number of fused-ring (bicyclic) bond motifs is 2. The molecule has 26 heavy (non-hydrogen) atoms. The third-order valence-corrected chi connectivity index (χ3v) is 6.02. The normalized spacial score (nSPS) is 14.6. The Morgan fingerprint density at radius 1 is 1.15 bits per heavy atom. The zero-order valence-corrected chi connectivity index (χ0v) is 18.9. The molecule has 2 aliphatic rings. The van der Waals surface area contributed by atoms with Crippen LogP contribution in [0.2, 0.25) is 0 Å². The summed E-state index contributed by atoms with van der Waals surface area (Å²) in [6.45, 7) is 0.0821. The molecule has 2 N–H and O–H groups in total. The van der Waals surface area contributed by atoms with Crippen LogP contribution in [0.4, 0.5) is 10.5 Å². The first kappa shape index (κ1) is 21.7. The van der Waals surface area contributed by atoms with Crippen molar-refractivity contribution in [3.8, 4) is 0 Å². The molecule has 0 spiro atoms. The number of aryl methyl sites for hydroxylation is 2. The van der Waals surface area contributed by atoms with E-state index in [1.165, 1.54) is 11.1 Å². The molecule has 1 radical (unpaired) electrons. The van der Waals surface area contributed by atoms with Crippen molar-refractivity contribution in [3.05, 3.63) is 38.8 Å². The average molecular weight is 403 g/mol. The summed E-state index contributed by atoms with van der Waals surface area (Å²) in [5.41, 5.74) is 13.8. The predicted octanol–water partition coefficient (Wildman–Crippen LogP) is 2.43. The van der Waals surface area contributed by atoms with Crippen LogP contribution in [0.1, 0.15) is 41.5 Å². The second-order valence-electron chi connectivity index (χ2n) is 6.42. The number of urea groups is 1. The van der Waals surface area contributed by atoms with E-state index in [0.717, 1.165) is 55.3 Å². The van der Waals surface area contributed by atoms with Crippen molar-refractivity contribution in [1.82, 2.24) is 4.72 Å². The minimum absolute atomic E-state index is 0. The fourth-order valence-electron chi connectivity index (χ4n) is 3.67. The number of carbonyl (C=O) groups is 1. The molecule has 1 aromatic carbocycles. The number of amides is 2. The molecule has 2 aliphatic carbocycles. The van der Waals surface area contributed by atoms with E-state index in [1.54, 1.807) is 0 Å². The zero-order chi connectivity index (χ0) is 17.9. The molecule has 0 heterocycles. The number of benzene rings is 1. The Balaban J connectivity index is 0.00000243. The number of carbonyl (C=O) groups excluding carboxylic acids is 1. The molecular formula is C16H21KN5O3S. The first-order valence-electron chi connectivity index (χ1n) is 8.49. The number of rotatable bonds is 6. The number of anilines is 1. The Hall–Kier alpha value is -0.614. The predicted molar refractivity (Wildman–Crippen MR) is 101 cm³/mol. The van der Waals surface area contributed by atoms with Crippen molar-refractivity contribution in [2.45, 2.75) is 44.9 Å². The van der Waals surface area contributed by atoms with E-state index in [4.69, 9.17) is 5.53 Å². The van der Waals surface area contributed by atoms with Gasteiger partial charge in [-0.15, -0.1) is 0 Å². The van der Waals surface area contributed by atoms with Crippen molar-refractivity contribution in [1.29, 1.82) is 0 Å². The Bertz CT molecular complexity index is 818. The van der Waals surface area contributed by atoms with Gasteiger partial charge < -0.3 is 5.32 Å². The topological polar surface area (TPSA) is 124 Å². The summed E-state index contributed by atoms with van der Waals surface area (Å²) < 4.78 is 26.0. The third kappa shape index (κ3) is 5.22. The Labute approximate surface area is 195 Å². The molecule has 10 heteroatoms. The summed E-state index contributed by atoms with van der Waals surface area (Å²) in [6.07, 6.45) is 6.14. The summed E-state index contributed by atoms with van der Waals surface area (Å²) >= 11 is 0. The van der Waals surface area contributed by atoms with Crippen LogP contribution in [0.25, 0.3) is 10.4 Å². The smallest absolute Gasteiger partial charge is 0.307 e. The Morgan fingerprint density at radius 3 is 2.35 bits per heavy atom. The number of hydrogen-bond acceptors (Lipinski definition) is 4. The molecular weight excluding hydrogens is 381 g/mol. The minimum Gasteiger partial charge on any atom is -0.307 e. The number of azide groups is 1. The molecule has 135 valence electrons. The fourth-order valence-corrected chi connectivity index (χ4v) is 4.61. The first-order valence-corrected chi connectivity index (χ1v) is 10.1. The third-order valence-electron chi connectivity index (χ3n) is 4.69. The summed E-state index contributed by atoms with van der Waals surface area (Å²) in [5, 5.41) is 6.08. The van der Waals surface area contributed by atoms with E-state index >= 15 is 0 Å². The molecule has 2 amide bonds. The molecule has 0 saturated heterocycles. The van der Waals surface area contributed by atoms with Gasteiger partial charge in [0.2, 0.25) is 10.0 Å². The van der Waals surface area contributed by atoms with E-state index in [9.17, 15) is 13.2 Å². The number of nitrogens with one attached hydrogen (secondary N) is 2. The fraction of sp³-hybridized carbons (Fsp3) is 0.562. The van der Waals surface area contributed by atoms with Gasteiger partial charge in [-0.25, -0.2) is 17.9 Å². The van der Waals surface area contributed by atoms with Crippen LogP contribution in [0.5, 0.6) is 0 Å². The van der Waals surface area contributed by atoms with Gasteiger partial charge in [0.1, 0.15) is 0 Å². The summed E-state index contributed by atoms with van der Waals surface area (Å²) in [6, 6.07) is 1.53. The van der Waals surface area contributed by atoms with Crippen LogP contribution in [0, 0.1) is 0 Å². The van der Waals surface area contributed by atoms with Crippen molar-refractivity contribution in [2.75, 3.05) is 17.6 Å². The van der Waals surface area contributed by atoms with Crippen molar-refractivity contribution >= 4 is 73.1 Å². The van der Waals surface area contributed by atoms with Crippen LogP contribution in [-0.4, -0.2) is 78.1 Å². The molecule has 0 atom stereocenters. The standard InChI is InChI=1S/C16H21N5O3S.K/c17-21-18-8-3-9-25(23,24)20-16(22)19-15-13-6-1-4-11(13)10-12-5-2-7-14(12)15;/h10H,1-9H2,(H2,19,20,22);. The molecule has 0 saturated carbocycles. The summed E-state index contributed by atoms with van der Waals surface area (Å²) in [4.78, 5) is 14.8. The second-order valence-corrected chi connectivity index (χ2v) is 8.26. The van der Waals surface area contributed by atoms with Gasteiger partial charge in [-0.1, -0.05) is 11.2 Å². The van der Waals surface area contributed by atoms with Gasteiger partial charge in [-0.05, 0) is 72.7 Å². The van der Waals surface area contributed by atoms with E-state index < -0.39 is 16.1 Å².